The van der Waals surface area contributed by atoms with E-state index in [9.17, 15) is 14.4 Å². The number of benzene rings is 1. The van der Waals surface area contributed by atoms with Gasteiger partial charge in [0.25, 0.3) is 0 Å². The number of aromatic nitrogens is 2. The first-order valence-corrected chi connectivity index (χ1v) is 9.58. The van der Waals surface area contributed by atoms with Crippen LogP contribution >= 0.6 is 0 Å². The van der Waals surface area contributed by atoms with Crippen LogP contribution in [0.3, 0.4) is 0 Å². The molecular formula is C19H23N5O3. The van der Waals surface area contributed by atoms with Crippen molar-refractivity contribution in [3.8, 4) is 0 Å². The third-order valence-electron chi connectivity index (χ3n) is 6.27. The third kappa shape index (κ3) is 2.43. The predicted octanol–water partition coefficient (Wildman–Crippen LogP) is 0.258. The molecular weight excluding hydrogens is 346 g/mol. The van der Waals surface area contributed by atoms with Crippen molar-refractivity contribution in [3.05, 3.63) is 28.7 Å². The largest absolute Gasteiger partial charge is 0.363 e. The van der Waals surface area contributed by atoms with Crippen LogP contribution in [0, 0.1) is 0 Å². The SMILES string of the molecule is Cn1c(=O)n(C2CCC(=O)NC2=O)c2ccc(N3C4CCC3CNC4)cc21. The molecule has 3 unspecified atom stereocenters. The van der Waals surface area contributed by atoms with E-state index in [0.29, 0.717) is 18.5 Å². The molecule has 2 N–H and O–H groups in total. The number of carbonyl (C=O) groups is 2. The Balaban J connectivity index is 1.59. The average molecular weight is 369 g/mol. The highest BCUT2D eigenvalue weighted by Gasteiger charge is 2.37. The molecule has 2 bridgehead atoms. The summed E-state index contributed by atoms with van der Waals surface area (Å²) in [7, 11) is 1.74. The molecule has 3 aliphatic rings. The zero-order valence-electron chi connectivity index (χ0n) is 15.3. The highest BCUT2D eigenvalue weighted by Crippen LogP contribution is 2.34. The van der Waals surface area contributed by atoms with Gasteiger partial charge in [0.05, 0.1) is 11.0 Å². The summed E-state index contributed by atoms with van der Waals surface area (Å²) in [6, 6.07) is 6.42. The van der Waals surface area contributed by atoms with Gasteiger partial charge in [0.2, 0.25) is 11.8 Å². The molecule has 0 radical (unpaired) electrons. The normalized spacial score (nSPS) is 28.0. The number of imidazole rings is 1. The van der Waals surface area contributed by atoms with Gasteiger partial charge in [-0.25, -0.2) is 4.79 Å². The van der Waals surface area contributed by atoms with E-state index in [1.807, 2.05) is 6.07 Å². The van der Waals surface area contributed by atoms with Gasteiger partial charge in [-0.1, -0.05) is 0 Å². The Morgan fingerprint density at radius 2 is 1.74 bits per heavy atom. The second-order valence-corrected chi connectivity index (χ2v) is 7.80. The number of piperidine rings is 1. The van der Waals surface area contributed by atoms with Gasteiger partial charge in [-0.2, -0.15) is 0 Å². The lowest BCUT2D eigenvalue weighted by Gasteiger charge is -2.37. The number of anilines is 1. The number of nitrogens with one attached hydrogen (secondary N) is 2. The number of hydrogen-bond donors (Lipinski definition) is 2. The van der Waals surface area contributed by atoms with Crippen LogP contribution < -0.4 is 21.2 Å². The minimum absolute atomic E-state index is 0.222. The molecule has 4 heterocycles. The molecule has 3 aliphatic heterocycles. The van der Waals surface area contributed by atoms with E-state index in [0.717, 1.165) is 29.8 Å². The molecule has 0 spiro atoms. The van der Waals surface area contributed by atoms with Crippen molar-refractivity contribution in [3.63, 3.8) is 0 Å². The minimum Gasteiger partial charge on any atom is -0.363 e. The fraction of sp³-hybridized carbons (Fsp3) is 0.526. The number of fused-ring (bicyclic) bond motifs is 3. The van der Waals surface area contributed by atoms with Crippen LogP contribution in [-0.2, 0) is 16.6 Å². The molecule has 0 aliphatic carbocycles. The molecule has 27 heavy (non-hydrogen) atoms. The number of hydrogen-bond acceptors (Lipinski definition) is 5. The van der Waals surface area contributed by atoms with Gasteiger partial charge in [-0.3, -0.25) is 24.0 Å². The number of aryl methyl sites for hydroxylation is 1. The number of carbonyl (C=O) groups excluding carboxylic acids is 2. The molecule has 142 valence electrons. The maximum absolute atomic E-state index is 12.9. The van der Waals surface area contributed by atoms with Crippen LogP contribution in [0.1, 0.15) is 31.7 Å². The van der Waals surface area contributed by atoms with E-state index in [-0.39, 0.29) is 18.0 Å². The van der Waals surface area contributed by atoms with Crippen molar-refractivity contribution in [1.82, 2.24) is 19.8 Å². The summed E-state index contributed by atoms with van der Waals surface area (Å²) in [5.74, 6) is -0.675. The zero-order valence-corrected chi connectivity index (χ0v) is 15.3. The number of amides is 2. The number of nitrogens with zero attached hydrogens (tertiary/aromatic N) is 3. The van der Waals surface area contributed by atoms with Crippen LogP contribution in [0.25, 0.3) is 11.0 Å². The lowest BCUT2D eigenvalue weighted by Crippen LogP contribution is -2.51. The Hall–Kier alpha value is -2.61. The van der Waals surface area contributed by atoms with Crippen LogP contribution in [0.2, 0.25) is 0 Å². The molecule has 2 aromatic rings. The van der Waals surface area contributed by atoms with Crippen molar-refractivity contribution in [2.75, 3.05) is 18.0 Å². The van der Waals surface area contributed by atoms with Gasteiger partial charge in [-0.05, 0) is 37.5 Å². The Morgan fingerprint density at radius 3 is 2.44 bits per heavy atom. The summed E-state index contributed by atoms with van der Waals surface area (Å²) in [4.78, 5) is 39.1. The maximum atomic E-state index is 12.9. The Kier molecular flexibility index (Phi) is 3.65. The van der Waals surface area contributed by atoms with Crippen molar-refractivity contribution in [2.24, 2.45) is 7.05 Å². The Morgan fingerprint density at radius 1 is 1.00 bits per heavy atom. The molecule has 1 aromatic carbocycles. The number of piperazine rings is 1. The van der Waals surface area contributed by atoms with Gasteiger partial charge in [0.1, 0.15) is 6.04 Å². The van der Waals surface area contributed by atoms with E-state index in [2.05, 4.69) is 27.7 Å². The van der Waals surface area contributed by atoms with Crippen molar-refractivity contribution < 1.29 is 9.59 Å². The Bertz CT molecular complexity index is 991. The summed E-state index contributed by atoms with van der Waals surface area (Å²) in [6.45, 7) is 1.98. The molecule has 5 rings (SSSR count). The fourth-order valence-corrected chi connectivity index (χ4v) is 4.94. The van der Waals surface area contributed by atoms with Gasteiger partial charge < -0.3 is 10.2 Å². The summed E-state index contributed by atoms with van der Waals surface area (Å²) >= 11 is 0. The van der Waals surface area contributed by atoms with Crippen LogP contribution in [0.4, 0.5) is 5.69 Å². The van der Waals surface area contributed by atoms with E-state index in [1.165, 1.54) is 17.4 Å². The second-order valence-electron chi connectivity index (χ2n) is 7.80. The first kappa shape index (κ1) is 16.6. The molecule has 3 saturated heterocycles. The van der Waals surface area contributed by atoms with E-state index < -0.39 is 11.9 Å². The van der Waals surface area contributed by atoms with E-state index in [4.69, 9.17) is 0 Å². The molecule has 2 amide bonds. The smallest absolute Gasteiger partial charge is 0.329 e. The standard InChI is InChI=1S/C19H23N5O3/c1-22-16-8-11(23-12-2-3-13(23)10-20-9-12)4-5-14(16)24(19(22)27)15-6-7-17(25)21-18(15)26/h4-5,8,12-13,15,20H,2-3,6-7,9-10H2,1H3,(H,21,25,26). The lowest BCUT2D eigenvalue weighted by atomic mass is 10.1. The first-order valence-electron chi connectivity index (χ1n) is 9.58. The topological polar surface area (TPSA) is 88.4 Å². The molecule has 8 nitrogen and oxygen atoms in total. The van der Waals surface area contributed by atoms with Crippen molar-refractivity contribution in [2.45, 2.75) is 43.8 Å². The monoisotopic (exact) mass is 369 g/mol. The van der Waals surface area contributed by atoms with Crippen LogP contribution in [0.15, 0.2) is 23.0 Å². The fourth-order valence-electron chi connectivity index (χ4n) is 4.94. The lowest BCUT2D eigenvalue weighted by molar-refractivity contribution is -0.135. The van der Waals surface area contributed by atoms with Gasteiger partial charge in [0.15, 0.2) is 0 Å². The van der Waals surface area contributed by atoms with Crippen molar-refractivity contribution >= 4 is 28.5 Å². The van der Waals surface area contributed by atoms with Gasteiger partial charge in [0, 0.05) is 44.3 Å². The molecule has 3 atom stereocenters. The Labute approximate surface area is 156 Å². The third-order valence-corrected chi connectivity index (χ3v) is 6.27. The van der Waals surface area contributed by atoms with Gasteiger partial charge >= 0.3 is 5.69 Å². The zero-order chi connectivity index (χ0) is 18.7. The van der Waals surface area contributed by atoms with Crippen LogP contribution in [-0.4, -0.2) is 46.1 Å². The number of imide groups is 1. The second kappa shape index (κ2) is 5.95. The number of rotatable bonds is 2. The molecule has 1 aromatic heterocycles. The minimum atomic E-state index is -0.639. The summed E-state index contributed by atoms with van der Waals surface area (Å²) in [6.07, 6.45) is 2.98. The summed E-state index contributed by atoms with van der Waals surface area (Å²) in [5.41, 5.74) is 2.47. The predicted molar refractivity (Wildman–Crippen MR) is 101 cm³/mol. The quantitative estimate of drug-likeness (QED) is 0.742. The first-order chi connectivity index (χ1) is 13.0. The summed E-state index contributed by atoms with van der Waals surface area (Å²) in [5, 5.41) is 5.84. The van der Waals surface area contributed by atoms with Crippen molar-refractivity contribution in [1.29, 1.82) is 0 Å². The van der Waals surface area contributed by atoms with E-state index in [1.54, 1.807) is 11.6 Å². The average Bonchev–Trinajstić information content (AvgIpc) is 3.05. The highest BCUT2D eigenvalue weighted by atomic mass is 16.2. The molecule has 3 fully saturated rings. The van der Waals surface area contributed by atoms with E-state index >= 15 is 0 Å². The molecule has 0 saturated carbocycles. The van der Waals surface area contributed by atoms with Gasteiger partial charge in [-0.15, -0.1) is 0 Å². The molecule has 8 heteroatoms. The highest BCUT2D eigenvalue weighted by molar-refractivity contribution is 6.00. The summed E-state index contributed by atoms with van der Waals surface area (Å²) < 4.78 is 3.14. The van der Waals surface area contributed by atoms with Crippen LogP contribution in [0.5, 0.6) is 0 Å². The maximum Gasteiger partial charge on any atom is 0.329 e.